The Bertz CT molecular complexity index is 761. The van der Waals surface area contributed by atoms with Crippen LogP contribution in [0.3, 0.4) is 0 Å². The monoisotopic (exact) mass is 396 g/mol. The predicted molar refractivity (Wildman–Crippen MR) is 103 cm³/mol. The van der Waals surface area contributed by atoms with Crippen molar-refractivity contribution in [2.75, 3.05) is 37.8 Å². The molecule has 0 amide bonds. The highest BCUT2D eigenvalue weighted by atomic mass is 32.1. The number of aromatic nitrogens is 1. The minimum atomic E-state index is -0.749. The van der Waals surface area contributed by atoms with Crippen LogP contribution in [0.2, 0.25) is 0 Å². The third-order valence-corrected chi connectivity index (χ3v) is 5.60. The molecule has 1 aliphatic rings. The molecule has 0 atom stereocenters. The average molecular weight is 396 g/mol. The van der Waals surface area contributed by atoms with Crippen molar-refractivity contribution in [2.24, 2.45) is 0 Å². The van der Waals surface area contributed by atoms with Crippen LogP contribution in [-0.4, -0.2) is 49.0 Å². The van der Waals surface area contributed by atoms with Crippen LogP contribution in [0.4, 0.5) is 9.52 Å². The number of halogens is 1. The molecule has 1 aromatic carbocycles. The number of hydrogen-bond acceptors (Lipinski definition) is 6. The van der Waals surface area contributed by atoms with Gasteiger partial charge in [0.15, 0.2) is 16.7 Å². The zero-order valence-electron chi connectivity index (χ0n) is 15.3. The number of carbonyl (C=O) groups is 1. The van der Waals surface area contributed by atoms with Crippen molar-refractivity contribution in [3.63, 3.8) is 0 Å². The van der Waals surface area contributed by atoms with E-state index in [0.29, 0.717) is 31.8 Å². The summed E-state index contributed by atoms with van der Waals surface area (Å²) in [4.78, 5) is 17.2. The number of rotatable bonds is 10. The van der Waals surface area contributed by atoms with Gasteiger partial charge >= 0.3 is 5.97 Å². The summed E-state index contributed by atoms with van der Waals surface area (Å²) in [5.74, 6) is -0.904. The normalized spacial score (nSPS) is 14.6. The van der Waals surface area contributed by atoms with Crippen LogP contribution in [0.15, 0.2) is 12.1 Å². The molecule has 0 saturated carbocycles. The highest BCUT2D eigenvalue weighted by Crippen LogP contribution is 2.36. The number of anilines is 1. The summed E-state index contributed by atoms with van der Waals surface area (Å²) in [7, 11) is 0. The number of nitrogens with zero attached hydrogens (tertiary/aromatic N) is 2. The van der Waals surface area contributed by atoms with Crippen LogP contribution in [0.5, 0.6) is 5.75 Å². The molecule has 1 fully saturated rings. The van der Waals surface area contributed by atoms with Crippen molar-refractivity contribution < 1.29 is 23.8 Å². The van der Waals surface area contributed by atoms with Gasteiger partial charge in [-0.15, -0.1) is 0 Å². The van der Waals surface area contributed by atoms with Gasteiger partial charge in [0, 0.05) is 19.5 Å². The highest BCUT2D eigenvalue weighted by molar-refractivity contribution is 7.22. The summed E-state index contributed by atoms with van der Waals surface area (Å²) in [6.07, 6.45) is 4.52. The average Bonchev–Trinajstić information content (AvgIpc) is 3.10. The maximum atomic E-state index is 14.3. The van der Waals surface area contributed by atoms with E-state index in [-0.39, 0.29) is 18.0 Å². The fourth-order valence-electron chi connectivity index (χ4n) is 3.04. The second kappa shape index (κ2) is 9.85. The number of unbranched alkanes of at least 4 members (excludes halogenated alkanes) is 4. The lowest BCUT2D eigenvalue weighted by atomic mass is 10.1. The minimum Gasteiger partial charge on any atom is -0.488 e. The maximum absolute atomic E-state index is 14.3. The number of carboxylic acids is 1. The van der Waals surface area contributed by atoms with Crippen LogP contribution in [0.25, 0.3) is 10.2 Å². The number of carboxylic acid groups (broad SMARTS) is 1. The van der Waals surface area contributed by atoms with Gasteiger partial charge in [-0.1, -0.05) is 30.6 Å². The number of fused-ring (bicyclic) bond motifs is 1. The Hall–Kier alpha value is -1.93. The third kappa shape index (κ3) is 5.52. The van der Waals surface area contributed by atoms with Gasteiger partial charge in [0.05, 0.1) is 24.5 Å². The molecule has 0 unspecified atom stereocenters. The van der Waals surface area contributed by atoms with Crippen molar-refractivity contribution >= 4 is 32.7 Å². The molecule has 2 heterocycles. The molecule has 8 heteroatoms. The number of hydrogen-bond donors (Lipinski definition) is 1. The first-order valence-corrected chi connectivity index (χ1v) is 10.2. The zero-order valence-corrected chi connectivity index (χ0v) is 16.1. The molecular weight excluding hydrogens is 371 g/mol. The van der Waals surface area contributed by atoms with E-state index in [1.807, 2.05) is 0 Å². The maximum Gasteiger partial charge on any atom is 0.303 e. The van der Waals surface area contributed by atoms with Crippen molar-refractivity contribution in [1.29, 1.82) is 0 Å². The molecule has 3 rings (SSSR count). The standard InChI is InChI=1S/C19H25FN2O4S/c20-14-7-8-15-17(21-19(27-15)22-9-12-25-13-10-22)18(14)26-11-5-3-1-2-4-6-16(23)24/h7-8H,1-6,9-13H2,(H,23,24). The molecule has 1 N–H and O–H groups in total. The summed E-state index contributed by atoms with van der Waals surface area (Å²) in [6, 6.07) is 3.19. The second-order valence-corrected chi connectivity index (χ2v) is 7.59. The predicted octanol–water partition coefficient (Wildman–Crippen LogP) is 4.08. The quantitative estimate of drug-likeness (QED) is 0.610. The van der Waals surface area contributed by atoms with Crippen LogP contribution in [-0.2, 0) is 9.53 Å². The van der Waals surface area contributed by atoms with E-state index in [1.54, 1.807) is 17.4 Å². The Kier molecular flexibility index (Phi) is 7.23. The molecule has 27 heavy (non-hydrogen) atoms. The smallest absolute Gasteiger partial charge is 0.303 e. The number of morpholine rings is 1. The summed E-state index contributed by atoms with van der Waals surface area (Å²) in [6.45, 7) is 3.38. The van der Waals surface area contributed by atoms with Crippen molar-refractivity contribution in [1.82, 2.24) is 4.98 Å². The molecule has 1 aromatic heterocycles. The SMILES string of the molecule is O=C(O)CCCCCCCOc1c(F)ccc2sc(N3CCOCC3)nc12. The summed E-state index contributed by atoms with van der Waals surface area (Å²) in [5, 5.41) is 9.48. The van der Waals surface area contributed by atoms with Crippen LogP contribution < -0.4 is 9.64 Å². The molecule has 1 saturated heterocycles. The first-order chi connectivity index (χ1) is 13.1. The van der Waals surface area contributed by atoms with Crippen LogP contribution in [0.1, 0.15) is 38.5 Å². The van der Waals surface area contributed by atoms with Gasteiger partial charge in [-0.25, -0.2) is 9.37 Å². The molecule has 0 bridgehead atoms. The molecule has 0 aliphatic carbocycles. The Labute approximate surface area is 161 Å². The van der Waals surface area contributed by atoms with E-state index < -0.39 is 5.97 Å². The Morgan fingerprint density at radius 3 is 2.74 bits per heavy atom. The van der Waals surface area contributed by atoms with Crippen molar-refractivity contribution in [3.8, 4) is 5.75 Å². The van der Waals surface area contributed by atoms with E-state index >= 15 is 0 Å². The second-order valence-electron chi connectivity index (χ2n) is 6.58. The van der Waals surface area contributed by atoms with Crippen molar-refractivity contribution in [3.05, 3.63) is 17.9 Å². The lowest BCUT2D eigenvalue weighted by Gasteiger charge is -2.25. The summed E-state index contributed by atoms with van der Waals surface area (Å²) in [5.41, 5.74) is 0.586. The van der Waals surface area contributed by atoms with Gasteiger partial charge in [0.25, 0.3) is 0 Å². The third-order valence-electron chi connectivity index (χ3n) is 4.52. The Balaban J connectivity index is 1.53. The zero-order chi connectivity index (χ0) is 19.1. The molecule has 0 spiro atoms. The van der Waals surface area contributed by atoms with Gasteiger partial charge in [-0.3, -0.25) is 4.79 Å². The van der Waals surface area contributed by atoms with Crippen molar-refractivity contribution in [2.45, 2.75) is 38.5 Å². The van der Waals surface area contributed by atoms with E-state index in [1.165, 1.54) is 6.07 Å². The number of thiazole rings is 1. The van der Waals surface area contributed by atoms with Gasteiger partial charge in [-0.05, 0) is 25.0 Å². The molecular formula is C19H25FN2O4S. The van der Waals surface area contributed by atoms with Crippen LogP contribution in [0, 0.1) is 5.82 Å². The first kappa shape index (κ1) is 19.8. The first-order valence-electron chi connectivity index (χ1n) is 9.41. The van der Waals surface area contributed by atoms with E-state index in [0.717, 1.165) is 48.6 Å². The Morgan fingerprint density at radius 1 is 1.22 bits per heavy atom. The minimum absolute atomic E-state index is 0.221. The van der Waals surface area contributed by atoms with E-state index in [9.17, 15) is 9.18 Å². The number of ether oxygens (including phenoxy) is 2. The molecule has 2 aromatic rings. The number of aliphatic carboxylic acids is 1. The lowest BCUT2D eigenvalue weighted by molar-refractivity contribution is -0.137. The number of benzene rings is 1. The van der Waals surface area contributed by atoms with Gasteiger partial charge in [-0.2, -0.15) is 0 Å². The molecule has 6 nitrogen and oxygen atoms in total. The fourth-order valence-corrected chi connectivity index (χ4v) is 4.06. The topological polar surface area (TPSA) is 71.9 Å². The molecule has 1 aliphatic heterocycles. The van der Waals surface area contributed by atoms with E-state index in [4.69, 9.17) is 14.6 Å². The highest BCUT2D eigenvalue weighted by Gasteiger charge is 2.19. The molecule has 0 radical (unpaired) electrons. The Morgan fingerprint density at radius 2 is 1.96 bits per heavy atom. The fraction of sp³-hybridized carbons (Fsp3) is 0.579. The summed E-state index contributed by atoms with van der Waals surface area (Å²) < 4.78 is 26.3. The lowest BCUT2D eigenvalue weighted by Crippen LogP contribution is -2.36. The summed E-state index contributed by atoms with van der Waals surface area (Å²) >= 11 is 1.55. The van der Waals surface area contributed by atoms with Gasteiger partial charge in [0.1, 0.15) is 5.52 Å². The van der Waals surface area contributed by atoms with E-state index in [2.05, 4.69) is 9.88 Å². The van der Waals surface area contributed by atoms with Crippen LogP contribution >= 0.6 is 11.3 Å². The largest absolute Gasteiger partial charge is 0.488 e. The molecule has 148 valence electrons. The van der Waals surface area contributed by atoms with Gasteiger partial charge < -0.3 is 19.5 Å². The van der Waals surface area contributed by atoms with Gasteiger partial charge in [0.2, 0.25) is 0 Å².